The molecule has 1 aromatic rings. The van der Waals surface area contributed by atoms with Crippen molar-refractivity contribution in [2.75, 3.05) is 31.6 Å². The number of hydrogen-bond donors (Lipinski definition) is 1. The van der Waals surface area contributed by atoms with E-state index < -0.39 is 0 Å². The van der Waals surface area contributed by atoms with Crippen LogP contribution in [-0.2, 0) is 0 Å². The Morgan fingerprint density at radius 2 is 2.15 bits per heavy atom. The van der Waals surface area contributed by atoms with Crippen molar-refractivity contribution in [2.24, 2.45) is 0 Å². The van der Waals surface area contributed by atoms with Crippen LogP contribution in [0.2, 0.25) is 0 Å². The van der Waals surface area contributed by atoms with Gasteiger partial charge in [0.05, 0.1) is 6.61 Å². The van der Waals surface area contributed by atoms with Crippen LogP contribution in [0.4, 0.5) is 5.95 Å². The molecule has 1 N–H and O–H groups in total. The van der Waals surface area contributed by atoms with E-state index in [0.717, 1.165) is 37.8 Å². The van der Waals surface area contributed by atoms with Crippen molar-refractivity contribution in [1.82, 2.24) is 14.9 Å². The molecule has 5 nitrogen and oxygen atoms in total. The van der Waals surface area contributed by atoms with E-state index >= 15 is 0 Å². The van der Waals surface area contributed by atoms with E-state index in [9.17, 15) is 0 Å². The first-order valence-electron chi connectivity index (χ1n) is 7.69. The lowest BCUT2D eigenvalue weighted by Gasteiger charge is -2.19. The molecule has 0 radical (unpaired) electrons. The van der Waals surface area contributed by atoms with Gasteiger partial charge in [-0.2, -0.15) is 4.98 Å². The van der Waals surface area contributed by atoms with Crippen molar-refractivity contribution in [1.29, 1.82) is 0 Å². The summed E-state index contributed by atoms with van der Waals surface area (Å²) in [6, 6.07) is 2.69. The summed E-state index contributed by atoms with van der Waals surface area (Å²) in [6.07, 6.45) is 3.69. The van der Waals surface area contributed by atoms with Gasteiger partial charge >= 0.3 is 0 Å². The molecule has 2 rings (SSSR count). The van der Waals surface area contributed by atoms with Gasteiger partial charge in [0, 0.05) is 30.9 Å². The second-order valence-corrected chi connectivity index (χ2v) is 5.31. The molecule has 0 unspecified atom stereocenters. The molecule has 1 saturated carbocycles. The lowest BCUT2D eigenvalue weighted by molar-refractivity contribution is 0.288. The summed E-state index contributed by atoms with van der Waals surface area (Å²) in [6.45, 7) is 10.0. The van der Waals surface area contributed by atoms with E-state index in [0.29, 0.717) is 18.4 Å². The first kappa shape index (κ1) is 15.0. The van der Waals surface area contributed by atoms with E-state index in [1.807, 2.05) is 13.0 Å². The van der Waals surface area contributed by atoms with Crippen LogP contribution in [0.5, 0.6) is 5.88 Å². The van der Waals surface area contributed by atoms with E-state index in [4.69, 9.17) is 4.74 Å². The van der Waals surface area contributed by atoms with Crippen LogP contribution in [0.1, 0.15) is 38.8 Å². The maximum absolute atomic E-state index is 5.57. The molecule has 0 aromatic carbocycles. The summed E-state index contributed by atoms with van der Waals surface area (Å²) in [5.41, 5.74) is 0.933. The number of aryl methyl sites for hydroxylation is 1. The van der Waals surface area contributed by atoms with Crippen molar-refractivity contribution in [2.45, 2.75) is 46.1 Å². The Kier molecular flexibility index (Phi) is 5.59. The third-order valence-corrected chi connectivity index (χ3v) is 3.44. The number of hydrogen-bond acceptors (Lipinski definition) is 5. The van der Waals surface area contributed by atoms with Crippen molar-refractivity contribution < 1.29 is 4.74 Å². The first-order valence-corrected chi connectivity index (χ1v) is 7.69. The Balaban J connectivity index is 1.83. The van der Waals surface area contributed by atoms with Crippen LogP contribution in [0.25, 0.3) is 0 Å². The van der Waals surface area contributed by atoms with E-state index in [1.165, 1.54) is 12.8 Å². The van der Waals surface area contributed by atoms with Gasteiger partial charge < -0.3 is 10.1 Å². The molecular formula is C15H26N4O. The number of nitrogens with one attached hydrogen (secondary N) is 1. The van der Waals surface area contributed by atoms with Crippen molar-refractivity contribution in [3.05, 3.63) is 11.8 Å². The van der Waals surface area contributed by atoms with E-state index in [-0.39, 0.29) is 0 Å². The maximum Gasteiger partial charge on any atom is 0.226 e. The zero-order valence-electron chi connectivity index (χ0n) is 12.9. The first-order chi connectivity index (χ1) is 9.72. The van der Waals surface area contributed by atoms with Crippen LogP contribution >= 0.6 is 0 Å². The van der Waals surface area contributed by atoms with E-state index in [2.05, 4.69) is 34.0 Å². The predicted molar refractivity (Wildman–Crippen MR) is 81.3 cm³/mol. The number of nitrogens with zero attached hydrogens (tertiary/aromatic N) is 3. The third kappa shape index (κ3) is 4.63. The summed E-state index contributed by atoms with van der Waals surface area (Å²) in [7, 11) is 0. The highest BCUT2D eigenvalue weighted by atomic mass is 16.5. The minimum atomic E-state index is 0.663. The van der Waals surface area contributed by atoms with Gasteiger partial charge in [-0.25, -0.2) is 4.98 Å². The SMILES string of the molecule is CCCOc1cc(C)nc(NCCN(CC)C2CC2)n1. The quantitative estimate of drug-likeness (QED) is 0.752. The molecule has 5 heteroatoms. The molecule has 1 aromatic heterocycles. The number of rotatable bonds is 9. The predicted octanol–water partition coefficient (Wildman–Crippen LogP) is 2.47. The van der Waals surface area contributed by atoms with Gasteiger partial charge in [-0.05, 0) is 32.7 Å². The molecule has 0 saturated heterocycles. The lowest BCUT2D eigenvalue weighted by Crippen LogP contribution is -2.31. The Hall–Kier alpha value is -1.36. The largest absolute Gasteiger partial charge is 0.478 e. The number of likely N-dealkylation sites (N-methyl/N-ethyl adjacent to an activating group) is 1. The molecule has 0 atom stereocenters. The molecule has 0 spiro atoms. The van der Waals surface area contributed by atoms with Crippen LogP contribution in [-0.4, -0.2) is 47.2 Å². The van der Waals surface area contributed by atoms with Crippen LogP contribution in [0, 0.1) is 6.92 Å². The maximum atomic E-state index is 5.57. The molecule has 0 amide bonds. The van der Waals surface area contributed by atoms with Gasteiger partial charge in [-0.3, -0.25) is 4.90 Å². The standard InChI is InChI=1S/C15H26N4O/c1-4-10-20-14-11-12(3)17-15(18-14)16-8-9-19(5-2)13-6-7-13/h11,13H,4-10H2,1-3H3,(H,16,17,18). The molecular weight excluding hydrogens is 252 g/mol. The summed E-state index contributed by atoms with van der Waals surface area (Å²) in [5, 5.41) is 3.31. The van der Waals surface area contributed by atoms with Gasteiger partial charge in [0.15, 0.2) is 0 Å². The lowest BCUT2D eigenvalue weighted by atomic mass is 10.4. The molecule has 0 bridgehead atoms. The van der Waals surface area contributed by atoms with Crippen LogP contribution in [0.15, 0.2) is 6.07 Å². The summed E-state index contributed by atoms with van der Waals surface area (Å²) >= 11 is 0. The highest BCUT2D eigenvalue weighted by Crippen LogP contribution is 2.25. The molecule has 112 valence electrons. The van der Waals surface area contributed by atoms with Gasteiger partial charge in [0.25, 0.3) is 0 Å². The second-order valence-electron chi connectivity index (χ2n) is 5.31. The van der Waals surface area contributed by atoms with Crippen LogP contribution in [0.3, 0.4) is 0 Å². The minimum absolute atomic E-state index is 0.663. The average molecular weight is 278 g/mol. The van der Waals surface area contributed by atoms with Crippen molar-refractivity contribution in [3.63, 3.8) is 0 Å². The highest BCUT2D eigenvalue weighted by Gasteiger charge is 2.27. The fourth-order valence-electron chi connectivity index (χ4n) is 2.25. The third-order valence-electron chi connectivity index (χ3n) is 3.44. The normalized spacial score (nSPS) is 14.6. The summed E-state index contributed by atoms with van der Waals surface area (Å²) in [4.78, 5) is 11.3. The fourth-order valence-corrected chi connectivity index (χ4v) is 2.25. The van der Waals surface area contributed by atoms with Crippen molar-refractivity contribution >= 4 is 5.95 Å². The Morgan fingerprint density at radius 1 is 1.35 bits per heavy atom. The number of aromatic nitrogens is 2. The zero-order chi connectivity index (χ0) is 14.4. The monoisotopic (exact) mass is 278 g/mol. The second kappa shape index (κ2) is 7.43. The summed E-state index contributed by atoms with van der Waals surface area (Å²) in [5.74, 6) is 1.33. The minimum Gasteiger partial charge on any atom is -0.478 e. The Bertz CT molecular complexity index is 420. The van der Waals surface area contributed by atoms with Gasteiger partial charge in [-0.1, -0.05) is 13.8 Å². The topological polar surface area (TPSA) is 50.3 Å². The molecule has 1 heterocycles. The Morgan fingerprint density at radius 3 is 2.80 bits per heavy atom. The van der Waals surface area contributed by atoms with Crippen LogP contribution < -0.4 is 10.1 Å². The zero-order valence-corrected chi connectivity index (χ0v) is 12.9. The molecule has 20 heavy (non-hydrogen) atoms. The number of anilines is 1. The van der Waals surface area contributed by atoms with Gasteiger partial charge in [-0.15, -0.1) is 0 Å². The van der Waals surface area contributed by atoms with Crippen molar-refractivity contribution in [3.8, 4) is 5.88 Å². The average Bonchev–Trinajstić information content (AvgIpc) is 3.25. The number of ether oxygens (including phenoxy) is 1. The van der Waals surface area contributed by atoms with Gasteiger partial charge in [0.2, 0.25) is 11.8 Å². The fraction of sp³-hybridized carbons (Fsp3) is 0.733. The highest BCUT2D eigenvalue weighted by molar-refractivity contribution is 5.30. The summed E-state index contributed by atoms with van der Waals surface area (Å²) < 4.78 is 5.57. The smallest absolute Gasteiger partial charge is 0.226 e. The Labute approximate surface area is 121 Å². The van der Waals surface area contributed by atoms with Gasteiger partial charge in [0.1, 0.15) is 0 Å². The van der Waals surface area contributed by atoms with E-state index in [1.54, 1.807) is 0 Å². The molecule has 1 aliphatic carbocycles. The molecule has 1 fully saturated rings. The molecule has 1 aliphatic rings. The molecule has 0 aliphatic heterocycles.